The minimum atomic E-state index is 0.834. The van der Waals surface area contributed by atoms with Crippen molar-refractivity contribution in [2.45, 2.75) is 32.6 Å². The molecular formula is C17H23S. The molecule has 1 heterocycles. The number of thioether (sulfide) groups is 1. The first kappa shape index (κ1) is 13.7. The summed E-state index contributed by atoms with van der Waals surface area (Å²) in [5.41, 5.74) is 1.40. The summed E-state index contributed by atoms with van der Waals surface area (Å²) >= 11 is 2.12. The summed E-state index contributed by atoms with van der Waals surface area (Å²) < 4.78 is 0. The second-order valence-corrected chi connectivity index (χ2v) is 6.08. The van der Waals surface area contributed by atoms with Crippen molar-refractivity contribution in [3.8, 4) is 0 Å². The van der Waals surface area contributed by atoms with Gasteiger partial charge in [-0.15, -0.1) is 0 Å². The van der Waals surface area contributed by atoms with Gasteiger partial charge in [-0.05, 0) is 48.7 Å². The van der Waals surface area contributed by atoms with Gasteiger partial charge in [-0.1, -0.05) is 49.4 Å². The SMILES string of the molecule is CC[C](C=CCc1ccccc1)C1CCCSC1. The Kier molecular flexibility index (Phi) is 5.86. The largest absolute Gasteiger partial charge is 0.162 e. The van der Waals surface area contributed by atoms with E-state index >= 15 is 0 Å². The number of rotatable bonds is 5. The predicted octanol–water partition coefficient (Wildman–Crippen LogP) is 4.91. The van der Waals surface area contributed by atoms with E-state index in [2.05, 4.69) is 61.2 Å². The van der Waals surface area contributed by atoms with Crippen molar-refractivity contribution >= 4 is 11.8 Å². The van der Waals surface area contributed by atoms with E-state index in [-0.39, 0.29) is 0 Å². The zero-order valence-electron chi connectivity index (χ0n) is 11.3. The Balaban J connectivity index is 1.85. The molecule has 1 unspecified atom stereocenters. The molecule has 0 amide bonds. The van der Waals surface area contributed by atoms with Crippen LogP contribution in [0.2, 0.25) is 0 Å². The van der Waals surface area contributed by atoms with E-state index < -0.39 is 0 Å². The maximum atomic E-state index is 2.39. The second kappa shape index (κ2) is 7.68. The third-order valence-electron chi connectivity index (χ3n) is 3.62. The molecule has 0 saturated carbocycles. The van der Waals surface area contributed by atoms with Crippen molar-refractivity contribution in [2.75, 3.05) is 11.5 Å². The first-order chi connectivity index (χ1) is 8.90. The molecule has 1 aliphatic rings. The molecule has 1 aromatic carbocycles. The average Bonchev–Trinajstić information content (AvgIpc) is 2.46. The summed E-state index contributed by atoms with van der Waals surface area (Å²) in [5, 5.41) is 0. The lowest BCUT2D eigenvalue weighted by molar-refractivity contribution is 0.537. The van der Waals surface area contributed by atoms with E-state index in [1.54, 1.807) is 5.92 Å². The van der Waals surface area contributed by atoms with Gasteiger partial charge in [-0.25, -0.2) is 0 Å². The Bertz CT molecular complexity index is 349. The molecule has 2 rings (SSSR count). The van der Waals surface area contributed by atoms with Crippen LogP contribution in [0.5, 0.6) is 0 Å². The average molecular weight is 259 g/mol. The molecule has 0 spiro atoms. The molecule has 0 aromatic heterocycles. The second-order valence-electron chi connectivity index (χ2n) is 4.93. The predicted molar refractivity (Wildman–Crippen MR) is 82.9 cm³/mol. The van der Waals surface area contributed by atoms with Crippen molar-refractivity contribution in [2.24, 2.45) is 5.92 Å². The molecule has 1 radical (unpaired) electrons. The number of benzene rings is 1. The lowest BCUT2D eigenvalue weighted by atomic mass is 9.87. The topological polar surface area (TPSA) is 0 Å². The maximum absolute atomic E-state index is 2.39. The minimum absolute atomic E-state index is 0.834. The fourth-order valence-electron chi connectivity index (χ4n) is 2.54. The third-order valence-corrected chi connectivity index (χ3v) is 4.84. The van der Waals surface area contributed by atoms with Gasteiger partial charge in [0.25, 0.3) is 0 Å². The third kappa shape index (κ3) is 4.20. The maximum Gasteiger partial charge on any atom is 0.000909 e. The van der Waals surface area contributed by atoms with Gasteiger partial charge in [0.1, 0.15) is 0 Å². The van der Waals surface area contributed by atoms with Gasteiger partial charge in [0.15, 0.2) is 0 Å². The zero-order valence-corrected chi connectivity index (χ0v) is 12.1. The first-order valence-electron chi connectivity index (χ1n) is 7.04. The summed E-state index contributed by atoms with van der Waals surface area (Å²) in [7, 11) is 0. The molecule has 1 heteroatoms. The fourth-order valence-corrected chi connectivity index (χ4v) is 3.74. The van der Waals surface area contributed by atoms with Crippen molar-refractivity contribution in [1.82, 2.24) is 0 Å². The zero-order chi connectivity index (χ0) is 12.6. The summed E-state index contributed by atoms with van der Waals surface area (Å²) in [5.74, 6) is 5.18. The minimum Gasteiger partial charge on any atom is -0.162 e. The smallest absolute Gasteiger partial charge is 0.000909 e. The van der Waals surface area contributed by atoms with Gasteiger partial charge in [-0.3, -0.25) is 0 Å². The number of hydrogen-bond acceptors (Lipinski definition) is 1. The molecule has 1 aromatic rings. The van der Waals surface area contributed by atoms with Gasteiger partial charge in [0.2, 0.25) is 0 Å². The highest BCUT2D eigenvalue weighted by molar-refractivity contribution is 7.99. The highest BCUT2D eigenvalue weighted by Crippen LogP contribution is 2.32. The van der Waals surface area contributed by atoms with E-state index in [4.69, 9.17) is 0 Å². The Morgan fingerprint density at radius 2 is 2.17 bits per heavy atom. The van der Waals surface area contributed by atoms with Crippen LogP contribution in [-0.2, 0) is 6.42 Å². The highest BCUT2D eigenvalue weighted by Gasteiger charge is 2.20. The van der Waals surface area contributed by atoms with Crippen LogP contribution in [-0.4, -0.2) is 11.5 Å². The van der Waals surface area contributed by atoms with E-state index in [1.165, 1.54) is 36.3 Å². The van der Waals surface area contributed by atoms with E-state index in [0.29, 0.717) is 0 Å². The van der Waals surface area contributed by atoms with E-state index in [1.807, 2.05) is 0 Å². The summed E-state index contributed by atoms with van der Waals surface area (Å²) in [4.78, 5) is 0. The van der Waals surface area contributed by atoms with Gasteiger partial charge in [-0.2, -0.15) is 11.8 Å². The quantitative estimate of drug-likeness (QED) is 0.724. The fraction of sp³-hybridized carbons (Fsp3) is 0.471. The van der Waals surface area contributed by atoms with Crippen LogP contribution in [0.1, 0.15) is 31.7 Å². The van der Waals surface area contributed by atoms with Crippen LogP contribution < -0.4 is 0 Å². The first-order valence-corrected chi connectivity index (χ1v) is 8.19. The van der Waals surface area contributed by atoms with Crippen molar-refractivity contribution in [3.63, 3.8) is 0 Å². The summed E-state index contributed by atoms with van der Waals surface area (Å²) in [6.45, 7) is 2.29. The number of hydrogen-bond donors (Lipinski definition) is 0. The molecular weight excluding hydrogens is 236 g/mol. The Morgan fingerprint density at radius 3 is 2.83 bits per heavy atom. The molecule has 0 nitrogen and oxygen atoms in total. The van der Waals surface area contributed by atoms with Gasteiger partial charge < -0.3 is 0 Å². The van der Waals surface area contributed by atoms with Gasteiger partial charge in [0, 0.05) is 5.92 Å². The molecule has 0 bridgehead atoms. The summed E-state index contributed by atoms with van der Waals surface area (Å²) in [6, 6.07) is 10.7. The molecule has 1 aliphatic heterocycles. The van der Waals surface area contributed by atoms with Gasteiger partial charge >= 0.3 is 0 Å². The molecule has 1 saturated heterocycles. The van der Waals surface area contributed by atoms with Gasteiger partial charge in [0.05, 0.1) is 0 Å². The molecule has 1 fully saturated rings. The van der Waals surface area contributed by atoms with Crippen LogP contribution in [0, 0.1) is 11.8 Å². The van der Waals surface area contributed by atoms with Crippen LogP contribution >= 0.6 is 11.8 Å². The molecule has 0 N–H and O–H groups in total. The molecule has 97 valence electrons. The molecule has 18 heavy (non-hydrogen) atoms. The van der Waals surface area contributed by atoms with Crippen LogP contribution in [0.25, 0.3) is 0 Å². The Labute approximate surface area is 116 Å². The standard InChI is InChI=1S/C17H23S/c1-2-16(17-12-7-13-18-14-17)11-6-10-15-8-4-3-5-9-15/h3-6,8-9,11,17H,2,7,10,12-14H2,1H3. The molecule has 1 atom stereocenters. The lowest BCUT2D eigenvalue weighted by Gasteiger charge is -2.26. The Hall–Kier alpha value is -0.690. The van der Waals surface area contributed by atoms with Crippen LogP contribution in [0.3, 0.4) is 0 Å². The van der Waals surface area contributed by atoms with Crippen LogP contribution in [0.4, 0.5) is 0 Å². The summed E-state index contributed by atoms with van der Waals surface area (Å²) in [6.07, 6.45) is 9.79. The van der Waals surface area contributed by atoms with E-state index in [0.717, 1.165) is 12.3 Å². The number of allylic oxidation sites excluding steroid dienone is 2. The van der Waals surface area contributed by atoms with Crippen LogP contribution in [0.15, 0.2) is 42.5 Å². The van der Waals surface area contributed by atoms with E-state index in [9.17, 15) is 0 Å². The molecule has 0 aliphatic carbocycles. The lowest BCUT2D eigenvalue weighted by Crippen LogP contribution is -2.17. The van der Waals surface area contributed by atoms with Crippen molar-refractivity contribution in [1.29, 1.82) is 0 Å². The highest BCUT2D eigenvalue weighted by atomic mass is 32.2. The Morgan fingerprint density at radius 1 is 1.33 bits per heavy atom. The van der Waals surface area contributed by atoms with Crippen molar-refractivity contribution in [3.05, 3.63) is 54.0 Å². The normalized spacial score (nSPS) is 20.7. The van der Waals surface area contributed by atoms with Crippen molar-refractivity contribution < 1.29 is 0 Å². The monoisotopic (exact) mass is 259 g/mol.